The number of benzene rings is 1. The minimum Gasteiger partial charge on any atom is -0.370 e. The van der Waals surface area contributed by atoms with E-state index in [-0.39, 0.29) is 5.91 Å². The molecule has 0 fully saturated rings. The number of nitrogens with one attached hydrogen (secondary N) is 2. The first-order valence-electron chi connectivity index (χ1n) is 6.88. The summed E-state index contributed by atoms with van der Waals surface area (Å²) in [5.41, 5.74) is 2.19. The van der Waals surface area contributed by atoms with Crippen molar-refractivity contribution in [2.45, 2.75) is 20.3 Å². The number of hydrogen-bond acceptors (Lipinski definition) is 3. The zero-order valence-corrected chi connectivity index (χ0v) is 13.7. The van der Waals surface area contributed by atoms with E-state index >= 15 is 0 Å². The zero-order valence-electron chi connectivity index (χ0n) is 12.1. The van der Waals surface area contributed by atoms with E-state index in [0.717, 1.165) is 34.5 Å². The second kappa shape index (κ2) is 7.22. The molecule has 2 aromatic rings. The van der Waals surface area contributed by atoms with E-state index in [1.807, 2.05) is 37.3 Å². The van der Waals surface area contributed by atoms with Gasteiger partial charge in [0.05, 0.1) is 0 Å². The Morgan fingerprint density at radius 3 is 2.86 bits per heavy atom. The molecule has 0 saturated carbocycles. The van der Waals surface area contributed by atoms with E-state index in [4.69, 9.17) is 0 Å². The van der Waals surface area contributed by atoms with Crippen molar-refractivity contribution in [3.63, 3.8) is 0 Å². The van der Waals surface area contributed by atoms with E-state index in [0.29, 0.717) is 5.69 Å². The predicted octanol–water partition coefficient (Wildman–Crippen LogP) is 4.23. The van der Waals surface area contributed by atoms with Gasteiger partial charge in [0.2, 0.25) is 0 Å². The number of halogens is 1. The molecule has 0 radical (unpaired) electrons. The largest absolute Gasteiger partial charge is 0.370 e. The van der Waals surface area contributed by atoms with Crippen molar-refractivity contribution in [1.82, 2.24) is 4.98 Å². The summed E-state index contributed by atoms with van der Waals surface area (Å²) in [6.45, 7) is 4.87. The maximum Gasteiger partial charge on any atom is 0.274 e. The maximum atomic E-state index is 12.3. The van der Waals surface area contributed by atoms with Crippen molar-refractivity contribution >= 4 is 33.3 Å². The number of aryl methyl sites for hydroxylation is 1. The lowest BCUT2D eigenvalue weighted by Crippen LogP contribution is -2.15. The van der Waals surface area contributed by atoms with Crippen LogP contribution in [0, 0.1) is 6.92 Å². The highest BCUT2D eigenvalue weighted by Crippen LogP contribution is 2.21. The average Bonchev–Trinajstić information content (AvgIpc) is 2.49. The number of amides is 1. The molecule has 0 unspecified atom stereocenters. The Labute approximate surface area is 133 Å². The highest BCUT2D eigenvalue weighted by molar-refractivity contribution is 9.10. The third-order valence-corrected chi connectivity index (χ3v) is 3.48. The number of pyridine rings is 1. The molecule has 2 N–H and O–H groups in total. The topological polar surface area (TPSA) is 54.0 Å². The van der Waals surface area contributed by atoms with Gasteiger partial charge in [0.15, 0.2) is 0 Å². The molecule has 2 rings (SSSR count). The van der Waals surface area contributed by atoms with Crippen molar-refractivity contribution < 1.29 is 4.79 Å². The van der Waals surface area contributed by atoms with Crippen molar-refractivity contribution in [3.8, 4) is 0 Å². The predicted molar refractivity (Wildman–Crippen MR) is 89.8 cm³/mol. The van der Waals surface area contributed by atoms with Gasteiger partial charge in [0, 0.05) is 16.7 Å². The Bertz CT molecular complexity index is 643. The Kier molecular flexibility index (Phi) is 5.33. The van der Waals surface area contributed by atoms with E-state index in [1.165, 1.54) is 0 Å². The molecule has 0 aliphatic carbocycles. The van der Waals surface area contributed by atoms with Crippen LogP contribution in [-0.4, -0.2) is 17.4 Å². The second-order valence-electron chi connectivity index (χ2n) is 4.75. The van der Waals surface area contributed by atoms with Crippen molar-refractivity contribution in [1.29, 1.82) is 0 Å². The van der Waals surface area contributed by atoms with Crippen LogP contribution in [0.4, 0.5) is 11.5 Å². The number of carbonyl (C=O) groups excluding carboxylic acids is 1. The van der Waals surface area contributed by atoms with Crippen molar-refractivity contribution in [3.05, 3.63) is 52.1 Å². The number of nitrogens with zero attached hydrogens (tertiary/aromatic N) is 1. The number of anilines is 2. The molecule has 0 bridgehead atoms. The number of rotatable bonds is 5. The molecule has 21 heavy (non-hydrogen) atoms. The third-order valence-electron chi connectivity index (χ3n) is 2.99. The van der Waals surface area contributed by atoms with Gasteiger partial charge in [-0.15, -0.1) is 0 Å². The number of aromatic nitrogens is 1. The van der Waals surface area contributed by atoms with Gasteiger partial charge >= 0.3 is 0 Å². The van der Waals surface area contributed by atoms with Crippen LogP contribution < -0.4 is 10.6 Å². The molecule has 1 aromatic carbocycles. The van der Waals surface area contributed by atoms with Gasteiger partial charge in [-0.05, 0) is 43.2 Å². The Hall–Kier alpha value is -1.88. The smallest absolute Gasteiger partial charge is 0.274 e. The minimum atomic E-state index is -0.212. The lowest BCUT2D eigenvalue weighted by atomic mass is 10.2. The van der Waals surface area contributed by atoms with Crippen LogP contribution in [0.15, 0.2) is 40.9 Å². The molecule has 4 nitrogen and oxygen atoms in total. The first kappa shape index (κ1) is 15.5. The quantitative estimate of drug-likeness (QED) is 0.850. The molecule has 0 atom stereocenters. The summed E-state index contributed by atoms with van der Waals surface area (Å²) in [5.74, 6) is 0.506. The highest BCUT2D eigenvalue weighted by atomic mass is 79.9. The number of carbonyl (C=O) groups is 1. The van der Waals surface area contributed by atoms with E-state index in [2.05, 4.69) is 38.5 Å². The molecule has 0 aliphatic heterocycles. The van der Waals surface area contributed by atoms with Gasteiger partial charge in [0.1, 0.15) is 11.5 Å². The third kappa shape index (κ3) is 4.29. The van der Waals surface area contributed by atoms with Crippen molar-refractivity contribution in [2.75, 3.05) is 17.2 Å². The normalized spacial score (nSPS) is 10.2. The SMILES string of the molecule is CCCNc1cccc(C(=O)Nc2cc(Br)ccc2C)n1. The zero-order chi connectivity index (χ0) is 15.2. The fourth-order valence-electron chi connectivity index (χ4n) is 1.83. The molecular weight excluding hydrogens is 330 g/mol. The molecule has 1 aromatic heterocycles. The van der Waals surface area contributed by atoms with Crippen LogP contribution in [-0.2, 0) is 0 Å². The Balaban J connectivity index is 2.14. The van der Waals surface area contributed by atoms with Gasteiger partial charge in [0.25, 0.3) is 5.91 Å². The molecule has 1 heterocycles. The molecule has 0 spiro atoms. The van der Waals surface area contributed by atoms with E-state index in [9.17, 15) is 4.79 Å². The first-order valence-corrected chi connectivity index (χ1v) is 7.68. The minimum absolute atomic E-state index is 0.212. The van der Waals surface area contributed by atoms with Crippen LogP contribution in [0.25, 0.3) is 0 Å². The summed E-state index contributed by atoms with van der Waals surface area (Å²) in [7, 11) is 0. The maximum absolute atomic E-state index is 12.3. The standard InChI is InChI=1S/C16H18BrN3O/c1-3-9-18-15-6-4-5-13(19-15)16(21)20-14-10-12(17)8-7-11(14)2/h4-8,10H,3,9H2,1-2H3,(H,18,19)(H,20,21). The molecule has 5 heteroatoms. The second-order valence-corrected chi connectivity index (χ2v) is 5.66. The van der Waals surface area contributed by atoms with Gasteiger partial charge in [-0.2, -0.15) is 0 Å². The summed E-state index contributed by atoms with van der Waals surface area (Å²) < 4.78 is 0.926. The van der Waals surface area contributed by atoms with Crippen LogP contribution in [0.2, 0.25) is 0 Å². The molecule has 0 aliphatic rings. The average molecular weight is 348 g/mol. The lowest BCUT2D eigenvalue weighted by molar-refractivity contribution is 0.102. The Morgan fingerprint density at radius 1 is 1.29 bits per heavy atom. The van der Waals surface area contributed by atoms with E-state index in [1.54, 1.807) is 6.07 Å². The molecule has 0 saturated heterocycles. The summed E-state index contributed by atoms with van der Waals surface area (Å²) in [5, 5.41) is 6.07. The molecule has 110 valence electrons. The summed E-state index contributed by atoms with van der Waals surface area (Å²) in [6.07, 6.45) is 1.01. The molecule has 1 amide bonds. The van der Waals surface area contributed by atoms with Crippen LogP contribution >= 0.6 is 15.9 Å². The van der Waals surface area contributed by atoms with Gasteiger partial charge in [-0.1, -0.05) is 35.0 Å². The fraction of sp³-hybridized carbons (Fsp3) is 0.250. The van der Waals surface area contributed by atoms with E-state index < -0.39 is 0 Å². The first-order chi connectivity index (χ1) is 10.1. The van der Waals surface area contributed by atoms with Gasteiger partial charge < -0.3 is 10.6 Å². The summed E-state index contributed by atoms with van der Waals surface area (Å²) in [4.78, 5) is 16.6. The van der Waals surface area contributed by atoms with Crippen molar-refractivity contribution in [2.24, 2.45) is 0 Å². The van der Waals surface area contributed by atoms with Gasteiger partial charge in [-0.25, -0.2) is 4.98 Å². The highest BCUT2D eigenvalue weighted by Gasteiger charge is 2.10. The summed E-state index contributed by atoms with van der Waals surface area (Å²) in [6, 6.07) is 11.2. The monoisotopic (exact) mass is 347 g/mol. The van der Waals surface area contributed by atoms with Crippen LogP contribution in [0.5, 0.6) is 0 Å². The fourth-order valence-corrected chi connectivity index (χ4v) is 2.19. The number of hydrogen-bond donors (Lipinski definition) is 2. The van der Waals surface area contributed by atoms with Crippen LogP contribution in [0.3, 0.4) is 0 Å². The van der Waals surface area contributed by atoms with Gasteiger partial charge in [-0.3, -0.25) is 4.79 Å². The Morgan fingerprint density at radius 2 is 2.10 bits per heavy atom. The lowest BCUT2D eigenvalue weighted by Gasteiger charge is -2.10. The van der Waals surface area contributed by atoms with Crippen LogP contribution in [0.1, 0.15) is 29.4 Å². The molecular formula is C16H18BrN3O. The summed E-state index contributed by atoms with van der Waals surface area (Å²) >= 11 is 3.41.